The van der Waals surface area contributed by atoms with Gasteiger partial charge in [0.25, 0.3) is 5.91 Å². The molecule has 1 aromatic rings. The zero-order valence-electron chi connectivity index (χ0n) is 12.5. The monoisotopic (exact) mass is 289 g/mol. The van der Waals surface area contributed by atoms with Crippen molar-refractivity contribution in [1.82, 2.24) is 10.3 Å². The molecule has 0 atom stereocenters. The summed E-state index contributed by atoms with van der Waals surface area (Å²) in [6.45, 7) is 1.01. The number of aryl methyl sites for hydroxylation is 2. The maximum absolute atomic E-state index is 11.7. The third-order valence-electron chi connectivity index (χ3n) is 4.49. The van der Waals surface area contributed by atoms with Crippen LogP contribution >= 0.6 is 0 Å². The van der Waals surface area contributed by atoms with E-state index < -0.39 is 5.91 Å². The van der Waals surface area contributed by atoms with Crippen LogP contribution in [0.4, 0.5) is 0 Å². The zero-order valence-corrected chi connectivity index (χ0v) is 12.5. The SMILES string of the molecule is CNCC1CC(Oc2nc3c(cc2C(N)=O)CCCC3)C1. The van der Waals surface area contributed by atoms with E-state index >= 15 is 0 Å². The summed E-state index contributed by atoms with van der Waals surface area (Å²) in [5.41, 5.74) is 8.16. The maximum Gasteiger partial charge on any atom is 0.254 e. The van der Waals surface area contributed by atoms with Crippen LogP contribution in [0.15, 0.2) is 6.07 Å². The van der Waals surface area contributed by atoms with Gasteiger partial charge >= 0.3 is 0 Å². The van der Waals surface area contributed by atoms with Crippen molar-refractivity contribution in [3.05, 3.63) is 22.9 Å². The molecule has 2 aliphatic rings. The summed E-state index contributed by atoms with van der Waals surface area (Å²) in [5, 5.41) is 3.18. The summed E-state index contributed by atoms with van der Waals surface area (Å²) >= 11 is 0. The molecule has 0 aliphatic heterocycles. The number of hydrogen-bond acceptors (Lipinski definition) is 4. The molecule has 0 saturated heterocycles. The number of amides is 1. The standard InChI is InChI=1S/C16H23N3O2/c1-18-9-10-6-12(7-10)21-16-13(15(17)20)8-11-4-2-3-5-14(11)19-16/h8,10,12,18H,2-7,9H2,1H3,(H2,17,20). The van der Waals surface area contributed by atoms with Crippen LogP contribution in [-0.4, -0.2) is 30.6 Å². The quantitative estimate of drug-likeness (QED) is 0.860. The van der Waals surface area contributed by atoms with E-state index in [1.165, 1.54) is 0 Å². The highest BCUT2D eigenvalue weighted by Crippen LogP contribution is 2.33. The Morgan fingerprint density at radius 2 is 2.19 bits per heavy atom. The van der Waals surface area contributed by atoms with Gasteiger partial charge in [0.2, 0.25) is 5.88 Å². The Morgan fingerprint density at radius 3 is 2.90 bits per heavy atom. The Labute approximate surface area is 125 Å². The van der Waals surface area contributed by atoms with Crippen LogP contribution in [-0.2, 0) is 12.8 Å². The lowest BCUT2D eigenvalue weighted by molar-refractivity contribution is 0.0600. The summed E-state index contributed by atoms with van der Waals surface area (Å²) < 4.78 is 5.95. The molecule has 5 heteroatoms. The van der Waals surface area contributed by atoms with Crippen molar-refractivity contribution in [2.45, 2.75) is 44.6 Å². The second-order valence-electron chi connectivity index (χ2n) is 6.15. The number of hydrogen-bond donors (Lipinski definition) is 2. The molecule has 0 unspecified atom stereocenters. The lowest BCUT2D eigenvalue weighted by Crippen LogP contribution is -2.39. The smallest absolute Gasteiger partial charge is 0.254 e. The highest BCUT2D eigenvalue weighted by Gasteiger charge is 2.32. The molecule has 1 amide bonds. The molecule has 0 bridgehead atoms. The van der Waals surface area contributed by atoms with E-state index in [1.807, 2.05) is 13.1 Å². The number of nitrogens with zero attached hydrogens (tertiary/aromatic N) is 1. The van der Waals surface area contributed by atoms with Crippen molar-refractivity contribution in [1.29, 1.82) is 0 Å². The summed E-state index contributed by atoms with van der Waals surface area (Å²) in [4.78, 5) is 16.2. The first-order valence-corrected chi connectivity index (χ1v) is 7.81. The van der Waals surface area contributed by atoms with Gasteiger partial charge in [0.05, 0.1) is 0 Å². The molecule has 1 saturated carbocycles. The van der Waals surface area contributed by atoms with E-state index in [0.717, 1.165) is 56.3 Å². The van der Waals surface area contributed by atoms with Crippen LogP contribution in [0.3, 0.4) is 0 Å². The van der Waals surface area contributed by atoms with E-state index in [-0.39, 0.29) is 6.10 Å². The van der Waals surface area contributed by atoms with Crippen molar-refractivity contribution in [3.8, 4) is 5.88 Å². The molecule has 3 rings (SSSR count). The molecule has 1 heterocycles. The summed E-state index contributed by atoms with van der Waals surface area (Å²) in [6.07, 6.45) is 6.45. The number of rotatable bonds is 5. The predicted octanol–water partition coefficient (Wildman–Crippen LogP) is 1.44. The molecule has 0 aromatic carbocycles. The van der Waals surface area contributed by atoms with Gasteiger partial charge in [0, 0.05) is 5.69 Å². The first kappa shape index (κ1) is 14.3. The number of pyridine rings is 1. The molecule has 1 fully saturated rings. The number of nitrogens with two attached hydrogens (primary N) is 1. The Balaban J connectivity index is 1.76. The number of carbonyl (C=O) groups is 1. The summed E-state index contributed by atoms with van der Waals surface area (Å²) in [5.74, 6) is 0.655. The molecule has 21 heavy (non-hydrogen) atoms. The highest BCUT2D eigenvalue weighted by atomic mass is 16.5. The average molecular weight is 289 g/mol. The highest BCUT2D eigenvalue weighted by molar-refractivity contribution is 5.95. The Morgan fingerprint density at radius 1 is 1.43 bits per heavy atom. The van der Waals surface area contributed by atoms with Crippen molar-refractivity contribution >= 4 is 5.91 Å². The van der Waals surface area contributed by atoms with Gasteiger partial charge in [-0.3, -0.25) is 4.79 Å². The number of ether oxygens (including phenoxy) is 1. The van der Waals surface area contributed by atoms with Crippen LogP contribution in [0.2, 0.25) is 0 Å². The van der Waals surface area contributed by atoms with Gasteiger partial charge in [0.15, 0.2) is 0 Å². The Kier molecular flexibility index (Phi) is 4.10. The van der Waals surface area contributed by atoms with Crippen LogP contribution in [0.1, 0.15) is 47.3 Å². The van der Waals surface area contributed by atoms with Crippen molar-refractivity contribution in [2.75, 3.05) is 13.6 Å². The normalized spacial score (nSPS) is 24.0. The average Bonchev–Trinajstić information content (AvgIpc) is 2.44. The number of carbonyl (C=O) groups excluding carboxylic acids is 1. The lowest BCUT2D eigenvalue weighted by Gasteiger charge is -2.35. The van der Waals surface area contributed by atoms with Gasteiger partial charge in [0.1, 0.15) is 11.7 Å². The number of nitrogens with one attached hydrogen (secondary N) is 1. The molecule has 0 spiro atoms. The predicted molar refractivity (Wildman–Crippen MR) is 80.5 cm³/mol. The first-order chi connectivity index (χ1) is 10.2. The molecule has 3 N–H and O–H groups in total. The molecular weight excluding hydrogens is 266 g/mol. The van der Waals surface area contributed by atoms with Gasteiger partial charge in [-0.1, -0.05) is 0 Å². The van der Waals surface area contributed by atoms with Crippen molar-refractivity contribution in [2.24, 2.45) is 11.7 Å². The molecule has 0 radical (unpaired) electrons. The third-order valence-corrected chi connectivity index (χ3v) is 4.49. The second-order valence-corrected chi connectivity index (χ2v) is 6.15. The molecule has 2 aliphatic carbocycles. The zero-order chi connectivity index (χ0) is 14.8. The van der Waals surface area contributed by atoms with Gasteiger partial charge in [-0.15, -0.1) is 0 Å². The molecular formula is C16H23N3O2. The van der Waals surface area contributed by atoms with E-state index in [0.29, 0.717) is 17.4 Å². The Hall–Kier alpha value is -1.62. The Bertz CT molecular complexity index is 539. The van der Waals surface area contributed by atoms with E-state index in [4.69, 9.17) is 10.5 Å². The van der Waals surface area contributed by atoms with E-state index in [9.17, 15) is 4.79 Å². The van der Waals surface area contributed by atoms with Gasteiger partial charge < -0.3 is 15.8 Å². The van der Waals surface area contributed by atoms with Crippen molar-refractivity contribution in [3.63, 3.8) is 0 Å². The fraction of sp³-hybridized carbons (Fsp3) is 0.625. The van der Waals surface area contributed by atoms with Crippen LogP contribution < -0.4 is 15.8 Å². The summed E-state index contributed by atoms with van der Waals surface area (Å²) in [6, 6.07) is 1.89. The minimum atomic E-state index is -0.447. The third kappa shape index (κ3) is 3.02. The minimum Gasteiger partial charge on any atom is -0.474 e. The molecule has 5 nitrogen and oxygen atoms in total. The first-order valence-electron chi connectivity index (χ1n) is 7.81. The topological polar surface area (TPSA) is 77.2 Å². The second kappa shape index (κ2) is 6.02. The maximum atomic E-state index is 11.7. The van der Waals surface area contributed by atoms with Crippen LogP contribution in [0.5, 0.6) is 5.88 Å². The van der Waals surface area contributed by atoms with Gasteiger partial charge in [-0.2, -0.15) is 0 Å². The van der Waals surface area contributed by atoms with Crippen LogP contribution in [0, 0.1) is 5.92 Å². The number of fused-ring (bicyclic) bond motifs is 1. The van der Waals surface area contributed by atoms with E-state index in [2.05, 4.69) is 10.3 Å². The van der Waals surface area contributed by atoms with E-state index in [1.54, 1.807) is 0 Å². The van der Waals surface area contributed by atoms with Crippen LogP contribution in [0.25, 0.3) is 0 Å². The number of primary amides is 1. The lowest BCUT2D eigenvalue weighted by atomic mass is 9.82. The van der Waals surface area contributed by atoms with Crippen molar-refractivity contribution < 1.29 is 9.53 Å². The molecule has 1 aromatic heterocycles. The minimum absolute atomic E-state index is 0.163. The van der Waals surface area contributed by atoms with Gasteiger partial charge in [-0.05, 0) is 69.7 Å². The fourth-order valence-corrected chi connectivity index (χ4v) is 3.27. The largest absolute Gasteiger partial charge is 0.474 e. The summed E-state index contributed by atoms with van der Waals surface area (Å²) in [7, 11) is 1.96. The molecule has 114 valence electrons. The fourth-order valence-electron chi connectivity index (χ4n) is 3.27. The number of aromatic nitrogens is 1. The van der Waals surface area contributed by atoms with Gasteiger partial charge in [-0.25, -0.2) is 4.98 Å².